The Morgan fingerprint density at radius 1 is 1.07 bits per heavy atom. The van der Waals surface area contributed by atoms with Crippen molar-refractivity contribution in [2.45, 2.75) is 31.7 Å². The second-order valence-corrected chi connectivity index (χ2v) is 9.07. The topological polar surface area (TPSA) is 49.3 Å². The van der Waals surface area contributed by atoms with E-state index in [1.165, 1.54) is 22.7 Å². The smallest absolute Gasteiger partial charge is 0.226 e. The van der Waals surface area contributed by atoms with Crippen molar-refractivity contribution in [3.63, 3.8) is 0 Å². The van der Waals surface area contributed by atoms with Crippen LogP contribution in [-0.2, 0) is 11.2 Å². The first-order valence-corrected chi connectivity index (χ1v) is 11.4. The zero-order valence-electron chi connectivity index (χ0n) is 17.1. The van der Waals surface area contributed by atoms with E-state index in [1.807, 2.05) is 24.3 Å². The fraction of sp³-hybridized carbons (Fsp3) is 0.375. The Morgan fingerprint density at radius 2 is 1.80 bits per heavy atom. The molecule has 1 aromatic heterocycles. The molecule has 2 aliphatic rings. The molecule has 1 aliphatic heterocycles. The zero-order valence-corrected chi connectivity index (χ0v) is 18.0. The third kappa shape index (κ3) is 3.97. The van der Waals surface area contributed by atoms with Crippen molar-refractivity contribution in [3.8, 4) is 0 Å². The highest BCUT2D eigenvalue weighted by atomic mass is 32.1. The van der Waals surface area contributed by atoms with Gasteiger partial charge >= 0.3 is 0 Å². The van der Waals surface area contributed by atoms with Crippen LogP contribution in [0.4, 0.5) is 5.13 Å². The number of nitrogens with zero attached hydrogens (tertiary/aromatic N) is 4. The van der Waals surface area contributed by atoms with Gasteiger partial charge in [-0.25, -0.2) is 4.98 Å². The molecular formula is C24H26N4OS. The van der Waals surface area contributed by atoms with Gasteiger partial charge in [0.25, 0.3) is 0 Å². The van der Waals surface area contributed by atoms with Crippen molar-refractivity contribution < 1.29 is 4.79 Å². The summed E-state index contributed by atoms with van der Waals surface area (Å²) in [5.74, 6) is 1.74. The van der Waals surface area contributed by atoms with Crippen molar-refractivity contribution in [2.24, 2.45) is 5.92 Å². The SMILES string of the molecule is CC1CN(c2nc(Cc3ccccc3)ns2)CCN1C(=O)C1CC1c1ccccc1. The third-order valence-corrected chi connectivity index (χ3v) is 6.99. The molecule has 2 fully saturated rings. The molecule has 3 aromatic rings. The molecule has 1 saturated heterocycles. The number of carbonyl (C=O) groups is 1. The van der Waals surface area contributed by atoms with Crippen molar-refractivity contribution in [3.05, 3.63) is 77.6 Å². The van der Waals surface area contributed by atoms with E-state index in [1.54, 1.807) is 0 Å². The minimum absolute atomic E-state index is 0.153. The molecule has 0 N–H and O–H groups in total. The first-order chi connectivity index (χ1) is 14.7. The van der Waals surface area contributed by atoms with Crippen LogP contribution in [0, 0.1) is 5.92 Å². The Balaban J connectivity index is 1.19. The number of hydrogen-bond acceptors (Lipinski definition) is 5. The maximum Gasteiger partial charge on any atom is 0.226 e. The van der Waals surface area contributed by atoms with Crippen LogP contribution in [0.25, 0.3) is 0 Å². The third-order valence-electron chi connectivity index (χ3n) is 6.18. The molecule has 154 valence electrons. The largest absolute Gasteiger partial charge is 0.343 e. The Labute approximate surface area is 181 Å². The number of carbonyl (C=O) groups excluding carboxylic acids is 1. The van der Waals surface area contributed by atoms with E-state index < -0.39 is 0 Å². The molecule has 3 atom stereocenters. The van der Waals surface area contributed by atoms with Gasteiger partial charge in [-0.15, -0.1) is 0 Å². The normalized spacial score (nSPS) is 23.4. The highest BCUT2D eigenvalue weighted by Crippen LogP contribution is 2.48. The van der Waals surface area contributed by atoms with Gasteiger partial charge in [0.1, 0.15) is 5.82 Å². The fourth-order valence-corrected chi connectivity index (χ4v) is 5.15. The van der Waals surface area contributed by atoms with Gasteiger partial charge in [0.15, 0.2) is 0 Å². The van der Waals surface area contributed by atoms with Crippen LogP contribution < -0.4 is 4.90 Å². The number of benzene rings is 2. The van der Waals surface area contributed by atoms with Crippen molar-refractivity contribution in [2.75, 3.05) is 24.5 Å². The van der Waals surface area contributed by atoms with E-state index in [-0.39, 0.29) is 12.0 Å². The van der Waals surface area contributed by atoms with E-state index >= 15 is 0 Å². The number of rotatable bonds is 5. The maximum absolute atomic E-state index is 13.1. The van der Waals surface area contributed by atoms with E-state index in [0.29, 0.717) is 11.8 Å². The Morgan fingerprint density at radius 3 is 2.53 bits per heavy atom. The summed E-state index contributed by atoms with van der Waals surface area (Å²) < 4.78 is 4.56. The van der Waals surface area contributed by atoms with E-state index in [2.05, 4.69) is 57.5 Å². The van der Waals surface area contributed by atoms with Gasteiger partial charge in [-0.1, -0.05) is 60.7 Å². The molecule has 1 amide bonds. The summed E-state index contributed by atoms with van der Waals surface area (Å²) >= 11 is 1.46. The number of anilines is 1. The van der Waals surface area contributed by atoms with Crippen LogP contribution in [-0.4, -0.2) is 45.8 Å². The molecule has 30 heavy (non-hydrogen) atoms. The summed E-state index contributed by atoms with van der Waals surface area (Å²) in [7, 11) is 0. The minimum Gasteiger partial charge on any atom is -0.343 e. The highest BCUT2D eigenvalue weighted by molar-refractivity contribution is 7.09. The summed E-state index contributed by atoms with van der Waals surface area (Å²) in [5, 5.41) is 0.966. The lowest BCUT2D eigenvalue weighted by Gasteiger charge is -2.39. The van der Waals surface area contributed by atoms with Crippen LogP contribution in [0.5, 0.6) is 0 Å². The predicted molar refractivity (Wildman–Crippen MR) is 120 cm³/mol. The fourth-order valence-electron chi connectivity index (χ4n) is 4.43. The number of hydrogen-bond donors (Lipinski definition) is 0. The predicted octanol–water partition coefficient (Wildman–Crippen LogP) is 3.97. The molecule has 5 nitrogen and oxygen atoms in total. The average molecular weight is 419 g/mol. The quantitative estimate of drug-likeness (QED) is 0.629. The summed E-state index contributed by atoms with van der Waals surface area (Å²) in [6, 6.07) is 20.9. The van der Waals surface area contributed by atoms with Gasteiger partial charge in [-0.05, 0) is 30.4 Å². The van der Waals surface area contributed by atoms with Crippen LogP contribution in [0.3, 0.4) is 0 Å². The number of aromatic nitrogens is 2. The van der Waals surface area contributed by atoms with Crippen molar-refractivity contribution in [1.82, 2.24) is 14.3 Å². The number of piperazine rings is 1. The second kappa shape index (κ2) is 8.19. The summed E-state index contributed by atoms with van der Waals surface area (Å²) in [4.78, 5) is 22.2. The first kappa shape index (κ1) is 19.2. The molecular weight excluding hydrogens is 392 g/mol. The van der Waals surface area contributed by atoms with Gasteiger partial charge < -0.3 is 9.80 Å². The minimum atomic E-state index is 0.153. The lowest BCUT2D eigenvalue weighted by Crippen LogP contribution is -2.54. The van der Waals surface area contributed by atoms with E-state index in [9.17, 15) is 4.79 Å². The average Bonchev–Trinajstić information content (AvgIpc) is 3.46. The lowest BCUT2D eigenvalue weighted by molar-refractivity contribution is -0.135. The maximum atomic E-state index is 13.1. The van der Waals surface area contributed by atoms with Gasteiger partial charge in [-0.3, -0.25) is 4.79 Å². The molecule has 6 heteroatoms. The van der Waals surface area contributed by atoms with Crippen LogP contribution in [0.2, 0.25) is 0 Å². The molecule has 1 aliphatic carbocycles. The van der Waals surface area contributed by atoms with E-state index in [0.717, 1.165) is 43.4 Å². The Bertz CT molecular complexity index is 1010. The molecule has 3 unspecified atom stereocenters. The molecule has 2 heterocycles. The molecule has 1 saturated carbocycles. The molecule has 5 rings (SSSR count). The molecule has 2 aromatic carbocycles. The van der Waals surface area contributed by atoms with Crippen LogP contribution in [0.15, 0.2) is 60.7 Å². The van der Waals surface area contributed by atoms with Crippen LogP contribution in [0.1, 0.15) is 36.2 Å². The summed E-state index contributed by atoms with van der Waals surface area (Å²) in [6.07, 6.45) is 1.74. The molecule has 0 bridgehead atoms. The second-order valence-electron chi connectivity index (χ2n) is 8.34. The van der Waals surface area contributed by atoms with Crippen LogP contribution >= 0.6 is 11.5 Å². The monoisotopic (exact) mass is 418 g/mol. The van der Waals surface area contributed by atoms with Crippen molar-refractivity contribution in [1.29, 1.82) is 0 Å². The van der Waals surface area contributed by atoms with Gasteiger partial charge in [0.05, 0.1) is 0 Å². The standard InChI is InChI=1S/C24H26N4OS/c1-17-16-27(24-25-22(26-30-24)14-18-8-4-2-5-9-18)12-13-28(17)23(29)21-15-20(21)19-10-6-3-7-11-19/h2-11,17,20-21H,12-16H2,1H3. The van der Waals surface area contributed by atoms with Gasteiger partial charge in [-0.2, -0.15) is 4.37 Å². The Hall–Kier alpha value is -2.73. The summed E-state index contributed by atoms with van der Waals surface area (Å²) in [6.45, 7) is 4.54. The first-order valence-electron chi connectivity index (χ1n) is 10.7. The zero-order chi connectivity index (χ0) is 20.5. The highest BCUT2D eigenvalue weighted by Gasteiger charge is 2.47. The van der Waals surface area contributed by atoms with E-state index in [4.69, 9.17) is 4.98 Å². The van der Waals surface area contributed by atoms with Gasteiger partial charge in [0, 0.05) is 49.5 Å². The lowest BCUT2D eigenvalue weighted by atomic mass is 10.1. The summed E-state index contributed by atoms with van der Waals surface area (Å²) in [5.41, 5.74) is 2.52. The van der Waals surface area contributed by atoms with Gasteiger partial charge in [0.2, 0.25) is 11.0 Å². The molecule has 0 radical (unpaired) electrons. The Kier molecular flexibility index (Phi) is 5.25. The molecule has 0 spiro atoms. The number of amides is 1. The van der Waals surface area contributed by atoms with Crippen molar-refractivity contribution >= 4 is 22.6 Å².